The van der Waals surface area contributed by atoms with Gasteiger partial charge in [-0.15, -0.1) is 0 Å². The van der Waals surface area contributed by atoms with Crippen LogP contribution in [0.15, 0.2) is 12.3 Å². The summed E-state index contributed by atoms with van der Waals surface area (Å²) in [5.41, 5.74) is 0. The fraction of sp³-hybridized carbons (Fsp3) is 0.583. The predicted octanol–water partition coefficient (Wildman–Crippen LogP) is 1.70. The van der Waals surface area contributed by atoms with Gasteiger partial charge in [-0.3, -0.25) is 14.8 Å². The van der Waals surface area contributed by atoms with Gasteiger partial charge >= 0.3 is 12.0 Å². The molecule has 0 saturated heterocycles. The van der Waals surface area contributed by atoms with E-state index in [-0.39, 0.29) is 12.6 Å². The Balaban J connectivity index is 2.44. The molecule has 0 aromatic carbocycles. The number of aromatic nitrogens is 2. The number of amides is 2. The molecule has 0 aliphatic carbocycles. The van der Waals surface area contributed by atoms with Crippen LogP contribution < -0.4 is 10.6 Å². The Hall–Kier alpha value is -2.05. The lowest BCUT2D eigenvalue weighted by Crippen LogP contribution is -2.35. The second kappa shape index (κ2) is 6.77. The molecule has 0 saturated carbocycles. The van der Waals surface area contributed by atoms with Gasteiger partial charge in [-0.1, -0.05) is 6.92 Å². The zero-order valence-electron chi connectivity index (χ0n) is 11.4. The molecule has 7 nitrogen and oxygen atoms in total. The van der Waals surface area contributed by atoms with Gasteiger partial charge in [0.15, 0.2) is 5.82 Å². The van der Waals surface area contributed by atoms with Crippen molar-refractivity contribution < 1.29 is 14.7 Å². The summed E-state index contributed by atoms with van der Waals surface area (Å²) >= 11 is 0. The third-order valence-electron chi connectivity index (χ3n) is 2.73. The van der Waals surface area contributed by atoms with E-state index in [1.165, 1.54) is 0 Å². The van der Waals surface area contributed by atoms with Crippen LogP contribution in [0.1, 0.15) is 33.2 Å². The molecular formula is C12H20N4O3. The number of rotatable bonds is 6. The molecule has 0 spiro atoms. The molecule has 19 heavy (non-hydrogen) atoms. The zero-order valence-corrected chi connectivity index (χ0v) is 11.4. The molecule has 0 aliphatic rings. The summed E-state index contributed by atoms with van der Waals surface area (Å²) in [4.78, 5) is 22.4. The minimum Gasteiger partial charge on any atom is -0.481 e. The van der Waals surface area contributed by atoms with Crippen molar-refractivity contribution in [1.29, 1.82) is 0 Å². The van der Waals surface area contributed by atoms with E-state index in [0.29, 0.717) is 12.2 Å². The summed E-state index contributed by atoms with van der Waals surface area (Å²) in [6.07, 6.45) is 2.24. The number of carboxylic acids is 1. The van der Waals surface area contributed by atoms with E-state index in [2.05, 4.69) is 15.7 Å². The van der Waals surface area contributed by atoms with Gasteiger partial charge in [0.25, 0.3) is 0 Å². The summed E-state index contributed by atoms with van der Waals surface area (Å²) in [7, 11) is 0. The Bertz CT molecular complexity index is 442. The van der Waals surface area contributed by atoms with Crippen LogP contribution in [0.25, 0.3) is 0 Å². The van der Waals surface area contributed by atoms with E-state index in [4.69, 9.17) is 5.11 Å². The number of urea groups is 1. The van der Waals surface area contributed by atoms with Crippen LogP contribution in [0, 0.1) is 5.92 Å². The summed E-state index contributed by atoms with van der Waals surface area (Å²) in [6.45, 7) is 5.83. The molecule has 3 N–H and O–H groups in total. The lowest BCUT2D eigenvalue weighted by molar-refractivity contribution is -0.141. The van der Waals surface area contributed by atoms with E-state index in [1.54, 1.807) is 23.9 Å². The molecule has 106 valence electrons. The topological polar surface area (TPSA) is 96.3 Å². The molecule has 1 unspecified atom stereocenters. The third kappa shape index (κ3) is 4.61. The van der Waals surface area contributed by atoms with E-state index >= 15 is 0 Å². The highest BCUT2D eigenvalue weighted by Crippen LogP contribution is 2.08. The summed E-state index contributed by atoms with van der Waals surface area (Å²) in [6, 6.07) is 1.46. The fourth-order valence-corrected chi connectivity index (χ4v) is 1.47. The lowest BCUT2D eigenvalue weighted by Gasteiger charge is -2.11. The lowest BCUT2D eigenvalue weighted by atomic mass is 10.1. The number of aliphatic carboxylic acids is 1. The Labute approximate surface area is 112 Å². The molecular weight excluding hydrogens is 248 g/mol. The first-order valence-corrected chi connectivity index (χ1v) is 6.26. The zero-order chi connectivity index (χ0) is 14.4. The first kappa shape index (κ1) is 15.0. The Morgan fingerprint density at radius 2 is 2.16 bits per heavy atom. The molecule has 0 fully saturated rings. The van der Waals surface area contributed by atoms with Crippen molar-refractivity contribution in [3.05, 3.63) is 12.3 Å². The molecule has 1 aromatic heterocycles. The standard InChI is InChI=1S/C12H20N4O3/c1-4-9(11(17)18)7-13-12(19)14-10-5-6-16(15-10)8(2)3/h5-6,8-9H,4,7H2,1-3H3,(H,17,18)(H2,13,14,15,19). The van der Waals surface area contributed by atoms with Crippen molar-refractivity contribution in [1.82, 2.24) is 15.1 Å². The maximum absolute atomic E-state index is 11.6. The van der Waals surface area contributed by atoms with Crippen LogP contribution in [0.5, 0.6) is 0 Å². The van der Waals surface area contributed by atoms with E-state index < -0.39 is 17.9 Å². The third-order valence-corrected chi connectivity index (χ3v) is 2.73. The molecule has 2 amide bonds. The van der Waals surface area contributed by atoms with Crippen molar-refractivity contribution >= 4 is 17.8 Å². The summed E-state index contributed by atoms with van der Waals surface area (Å²) in [5.74, 6) is -1.04. The average molecular weight is 268 g/mol. The van der Waals surface area contributed by atoms with E-state index in [9.17, 15) is 9.59 Å². The molecule has 1 atom stereocenters. The number of hydrogen-bond acceptors (Lipinski definition) is 3. The van der Waals surface area contributed by atoms with Crippen LogP contribution >= 0.6 is 0 Å². The maximum Gasteiger partial charge on any atom is 0.320 e. The largest absolute Gasteiger partial charge is 0.481 e. The highest BCUT2D eigenvalue weighted by Gasteiger charge is 2.16. The van der Waals surface area contributed by atoms with Crippen molar-refractivity contribution in [3.8, 4) is 0 Å². The minimum absolute atomic E-state index is 0.0998. The number of carbonyl (C=O) groups is 2. The van der Waals surface area contributed by atoms with Crippen LogP contribution in [-0.4, -0.2) is 33.4 Å². The molecule has 1 aromatic rings. The molecule has 1 rings (SSSR count). The van der Waals surface area contributed by atoms with Gasteiger partial charge in [0.05, 0.1) is 5.92 Å². The van der Waals surface area contributed by atoms with Crippen LogP contribution in [-0.2, 0) is 4.79 Å². The fourth-order valence-electron chi connectivity index (χ4n) is 1.47. The van der Waals surface area contributed by atoms with E-state index in [1.807, 2.05) is 13.8 Å². The minimum atomic E-state index is -0.910. The quantitative estimate of drug-likeness (QED) is 0.731. The Morgan fingerprint density at radius 3 is 2.63 bits per heavy atom. The number of carbonyl (C=O) groups excluding carboxylic acids is 1. The second-order valence-corrected chi connectivity index (χ2v) is 4.55. The van der Waals surface area contributed by atoms with Crippen molar-refractivity contribution in [2.24, 2.45) is 5.92 Å². The Kier molecular flexibility index (Phi) is 5.35. The predicted molar refractivity (Wildman–Crippen MR) is 71.1 cm³/mol. The van der Waals surface area contributed by atoms with Crippen LogP contribution in [0.4, 0.5) is 10.6 Å². The molecule has 0 radical (unpaired) electrons. The highest BCUT2D eigenvalue weighted by molar-refractivity contribution is 5.88. The molecule has 7 heteroatoms. The first-order valence-electron chi connectivity index (χ1n) is 6.26. The van der Waals surface area contributed by atoms with Crippen LogP contribution in [0.3, 0.4) is 0 Å². The van der Waals surface area contributed by atoms with Gasteiger partial charge in [-0.25, -0.2) is 4.79 Å². The van der Waals surface area contributed by atoms with Crippen molar-refractivity contribution in [2.45, 2.75) is 33.2 Å². The van der Waals surface area contributed by atoms with Gasteiger partial charge in [0.1, 0.15) is 0 Å². The van der Waals surface area contributed by atoms with Gasteiger partial charge in [-0.05, 0) is 20.3 Å². The Morgan fingerprint density at radius 1 is 1.47 bits per heavy atom. The highest BCUT2D eigenvalue weighted by atomic mass is 16.4. The molecule has 0 aliphatic heterocycles. The summed E-state index contributed by atoms with van der Waals surface area (Å²) in [5, 5.41) is 18.1. The number of nitrogens with zero attached hydrogens (tertiary/aromatic N) is 2. The number of hydrogen-bond donors (Lipinski definition) is 3. The normalized spacial score (nSPS) is 12.2. The monoisotopic (exact) mass is 268 g/mol. The second-order valence-electron chi connectivity index (χ2n) is 4.55. The van der Waals surface area contributed by atoms with Gasteiger partial charge in [0.2, 0.25) is 0 Å². The van der Waals surface area contributed by atoms with Gasteiger partial charge in [0, 0.05) is 24.8 Å². The first-order chi connectivity index (χ1) is 8.93. The van der Waals surface area contributed by atoms with Gasteiger partial charge in [-0.2, -0.15) is 5.10 Å². The van der Waals surface area contributed by atoms with E-state index in [0.717, 1.165) is 0 Å². The SMILES string of the molecule is CCC(CNC(=O)Nc1ccn(C(C)C)n1)C(=O)O. The van der Waals surface area contributed by atoms with Crippen LogP contribution in [0.2, 0.25) is 0 Å². The molecule has 1 heterocycles. The van der Waals surface area contributed by atoms with Crippen molar-refractivity contribution in [3.63, 3.8) is 0 Å². The maximum atomic E-state index is 11.6. The number of carboxylic acid groups (broad SMARTS) is 1. The smallest absolute Gasteiger partial charge is 0.320 e. The van der Waals surface area contributed by atoms with Crippen molar-refractivity contribution in [2.75, 3.05) is 11.9 Å². The number of nitrogens with one attached hydrogen (secondary N) is 2. The number of anilines is 1. The average Bonchev–Trinajstić information content (AvgIpc) is 2.78. The molecule has 0 bridgehead atoms. The van der Waals surface area contributed by atoms with Gasteiger partial charge < -0.3 is 10.4 Å². The summed E-state index contributed by atoms with van der Waals surface area (Å²) < 4.78 is 1.72.